The van der Waals surface area contributed by atoms with Crippen molar-refractivity contribution in [1.29, 1.82) is 0 Å². The van der Waals surface area contributed by atoms with Gasteiger partial charge in [-0.1, -0.05) is 11.6 Å². The zero-order chi connectivity index (χ0) is 18.6. The summed E-state index contributed by atoms with van der Waals surface area (Å²) in [5, 5.41) is 2.89. The molecule has 3 rings (SSSR count). The number of carbonyl (C=O) groups excluding carboxylic acids is 1. The minimum Gasteiger partial charge on any atom is -0.469 e. The Bertz CT molecular complexity index is 825. The SMILES string of the molecule is O=C(CC1CCN(S(=O)(=O)c2ccc(Cl)s2)CC1)NCCc1ccco1. The first-order chi connectivity index (χ1) is 12.4. The van der Waals surface area contributed by atoms with Crippen molar-refractivity contribution in [2.75, 3.05) is 19.6 Å². The quantitative estimate of drug-likeness (QED) is 0.751. The van der Waals surface area contributed by atoms with E-state index in [4.69, 9.17) is 16.0 Å². The Morgan fingerprint density at radius 3 is 2.69 bits per heavy atom. The maximum atomic E-state index is 12.6. The van der Waals surface area contributed by atoms with E-state index in [0.29, 0.717) is 49.7 Å². The number of carbonyl (C=O) groups is 1. The van der Waals surface area contributed by atoms with Crippen LogP contribution in [0, 0.1) is 5.92 Å². The van der Waals surface area contributed by atoms with Crippen LogP contribution in [0.15, 0.2) is 39.2 Å². The van der Waals surface area contributed by atoms with Gasteiger partial charge >= 0.3 is 0 Å². The number of thiophene rings is 1. The molecule has 3 heterocycles. The molecule has 0 aromatic carbocycles. The highest BCUT2D eigenvalue weighted by atomic mass is 35.5. The minimum atomic E-state index is -3.48. The van der Waals surface area contributed by atoms with Gasteiger partial charge in [0.2, 0.25) is 5.91 Å². The van der Waals surface area contributed by atoms with Crippen LogP contribution in [0.1, 0.15) is 25.0 Å². The molecule has 0 saturated carbocycles. The Morgan fingerprint density at radius 2 is 2.08 bits per heavy atom. The van der Waals surface area contributed by atoms with Crippen LogP contribution < -0.4 is 5.32 Å². The molecule has 6 nitrogen and oxygen atoms in total. The lowest BCUT2D eigenvalue weighted by atomic mass is 9.94. The predicted molar refractivity (Wildman–Crippen MR) is 101 cm³/mol. The molecule has 1 saturated heterocycles. The van der Waals surface area contributed by atoms with E-state index in [9.17, 15) is 13.2 Å². The highest BCUT2D eigenvalue weighted by Gasteiger charge is 2.31. The van der Waals surface area contributed by atoms with E-state index in [1.165, 1.54) is 4.31 Å². The van der Waals surface area contributed by atoms with Gasteiger partial charge in [0.1, 0.15) is 9.97 Å². The molecule has 2 aromatic rings. The second kappa shape index (κ2) is 8.56. The summed E-state index contributed by atoms with van der Waals surface area (Å²) in [5.74, 6) is 1.05. The van der Waals surface area contributed by atoms with Crippen LogP contribution in [0.4, 0.5) is 0 Å². The molecular weight excluding hydrogens is 396 g/mol. The third-order valence-corrected chi connectivity index (χ3v) is 8.06. The first-order valence-electron chi connectivity index (χ1n) is 8.50. The first-order valence-corrected chi connectivity index (χ1v) is 11.1. The fourth-order valence-electron chi connectivity index (χ4n) is 3.03. The summed E-state index contributed by atoms with van der Waals surface area (Å²) >= 11 is 6.92. The van der Waals surface area contributed by atoms with Gasteiger partial charge in [0, 0.05) is 32.5 Å². The molecule has 1 fully saturated rings. The molecule has 0 atom stereocenters. The molecule has 0 unspecified atom stereocenters. The summed E-state index contributed by atoms with van der Waals surface area (Å²) in [5.41, 5.74) is 0. The topological polar surface area (TPSA) is 79.6 Å². The molecule has 0 spiro atoms. The second-order valence-corrected chi connectivity index (χ2v) is 10.2. The average molecular weight is 417 g/mol. The van der Waals surface area contributed by atoms with Crippen molar-refractivity contribution in [2.45, 2.75) is 29.9 Å². The van der Waals surface area contributed by atoms with Crippen molar-refractivity contribution in [3.63, 3.8) is 0 Å². The molecule has 26 heavy (non-hydrogen) atoms. The molecule has 142 valence electrons. The van der Waals surface area contributed by atoms with E-state index in [0.717, 1.165) is 17.1 Å². The summed E-state index contributed by atoms with van der Waals surface area (Å²) in [4.78, 5) is 12.1. The van der Waals surface area contributed by atoms with Crippen LogP contribution in [0.3, 0.4) is 0 Å². The lowest BCUT2D eigenvalue weighted by Crippen LogP contribution is -2.39. The molecular formula is C17H21ClN2O4S2. The number of sulfonamides is 1. The fraction of sp³-hybridized carbons (Fsp3) is 0.471. The predicted octanol–water partition coefficient (Wildman–Crippen LogP) is 3.14. The number of furan rings is 1. The van der Waals surface area contributed by atoms with E-state index < -0.39 is 10.0 Å². The summed E-state index contributed by atoms with van der Waals surface area (Å²) in [7, 11) is -3.48. The Balaban J connectivity index is 1.42. The average Bonchev–Trinajstić information content (AvgIpc) is 3.27. The molecule has 0 aliphatic carbocycles. The third-order valence-electron chi connectivity index (χ3n) is 4.46. The number of nitrogens with zero attached hydrogens (tertiary/aromatic N) is 1. The standard InChI is InChI=1S/C17H21ClN2O4S2/c18-15-3-4-17(25-15)26(22,23)20-9-6-13(7-10-20)12-16(21)19-8-5-14-2-1-11-24-14/h1-4,11,13H,5-10,12H2,(H,19,21). The Hall–Kier alpha value is -1.35. The molecule has 1 aliphatic heterocycles. The zero-order valence-corrected chi connectivity index (χ0v) is 16.6. The van der Waals surface area contributed by atoms with Crippen molar-refractivity contribution >= 4 is 38.9 Å². The van der Waals surface area contributed by atoms with Crippen LogP contribution in [0.5, 0.6) is 0 Å². The number of hydrogen-bond donors (Lipinski definition) is 1. The highest BCUT2D eigenvalue weighted by molar-refractivity contribution is 7.91. The Labute approximate surface area is 162 Å². The maximum absolute atomic E-state index is 12.6. The lowest BCUT2D eigenvalue weighted by Gasteiger charge is -2.30. The molecule has 1 amide bonds. The second-order valence-electron chi connectivity index (χ2n) is 6.29. The van der Waals surface area contributed by atoms with E-state index in [1.54, 1.807) is 18.4 Å². The Kier molecular flexibility index (Phi) is 6.39. The van der Waals surface area contributed by atoms with Crippen LogP contribution in [-0.2, 0) is 21.2 Å². The van der Waals surface area contributed by atoms with Crippen molar-refractivity contribution < 1.29 is 17.6 Å². The van der Waals surface area contributed by atoms with Crippen molar-refractivity contribution in [3.05, 3.63) is 40.6 Å². The van der Waals surface area contributed by atoms with Crippen molar-refractivity contribution in [1.82, 2.24) is 9.62 Å². The van der Waals surface area contributed by atoms with Gasteiger partial charge in [-0.05, 0) is 43.0 Å². The third kappa shape index (κ3) is 4.88. The highest BCUT2D eigenvalue weighted by Crippen LogP contribution is 2.31. The van der Waals surface area contributed by atoms with Crippen LogP contribution in [-0.4, -0.2) is 38.3 Å². The number of hydrogen-bond acceptors (Lipinski definition) is 5. The minimum absolute atomic E-state index is 0.00269. The largest absolute Gasteiger partial charge is 0.469 e. The van der Waals surface area contributed by atoms with Crippen molar-refractivity contribution in [3.8, 4) is 0 Å². The molecule has 9 heteroatoms. The van der Waals surface area contributed by atoms with Gasteiger partial charge in [0.25, 0.3) is 10.0 Å². The van der Waals surface area contributed by atoms with E-state index >= 15 is 0 Å². The van der Waals surface area contributed by atoms with Crippen molar-refractivity contribution in [2.24, 2.45) is 5.92 Å². The normalized spacial score (nSPS) is 16.7. The monoisotopic (exact) mass is 416 g/mol. The number of rotatable bonds is 7. The number of piperidine rings is 1. The fourth-order valence-corrected chi connectivity index (χ4v) is 6.14. The van der Waals surface area contributed by atoms with Gasteiger partial charge in [-0.2, -0.15) is 4.31 Å². The van der Waals surface area contributed by atoms with E-state index in [2.05, 4.69) is 5.32 Å². The molecule has 0 bridgehead atoms. The van der Waals surface area contributed by atoms with Gasteiger partial charge in [-0.3, -0.25) is 4.79 Å². The van der Waals surface area contributed by atoms with Crippen LogP contribution in [0.25, 0.3) is 0 Å². The summed E-state index contributed by atoms with van der Waals surface area (Å²) in [6.45, 7) is 1.41. The van der Waals surface area contributed by atoms with Gasteiger partial charge in [0.15, 0.2) is 0 Å². The van der Waals surface area contributed by atoms with Gasteiger partial charge in [-0.15, -0.1) is 11.3 Å². The van der Waals surface area contributed by atoms with E-state index in [1.807, 2.05) is 12.1 Å². The number of amides is 1. The zero-order valence-electron chi connectivity index (χ0n) is 14.2. The van der Waals surface area contributed by atoms with E-state index in [-0.39, 0.29) is 16.0 Å². The van der Waals surface area contributed by atoms with Crippen LogP contribution >= 0.6 is 22.9 Å². The number of nitrogens with one attached hydrogen (secondary N) is 1. The molecule has 1 N–H and O–H groups in total. The molecule has 1 aliphatic rings. The Morgan fingerprint density at radius 1 is 1.31 bits per heavy atom. The molecule has 0 radical (unpaired) electrons. The molecule has 2 aromatic heterocycles. The first kappa shape index (κ1) is 19.4. The smallest absolute Gasteiger partial charge is 0.252 e. The number of halogens is 1. The van der Waals surface area contributed by atoms with Gasteiger partial charge in [0.05, 0.1) is 10.6 Å². The lowest BCUT2D eigenvalue weighted by molar-refractivity contribution is -0.122. The van der Waals surface area contributed by atoms with Crippen LogP contribution in [0.2, 0.25) is 4.34 Å². The summed E-state index contributed by atoms with van der Waals surface area (Å²) in [6.07, 6.45) is 4.08. The maximum Gasteiger partial charge on any atom is 0.252 e. The summed E-state index contributed by atoms with van der Waals surface area (Å²) in [6, 6.07) is 6.84. The van der Waals surface area contributed by atoms with Gasteiger partial charge < -0.3 is 9.73 Å². The van der Waals surface area contributed by atoms with Gasteiger partial charge in [-0.25, -0.2) is 8.42 Å². The summed E-state index contributed by atoms with van der Waals surface area (Å²) < 4.78 is 32.6.